The molecule has 0 aromatic heterocycles. The average molecular weight is 173 g/mol. The van der Waals surface area contributed by atoms with E-state index in [-0.39, 0.29) is 12.1 Å². The Labute approximate surface area is 74.4 Å². The van der Waals surface area contributed by atoms with Gasteiger partial charge in [-0.05, 0) is 12.8 Å². The van der Waals surface area contributed by atoms with E-state index in [2.05, 4.69) is 11.9 Å². The van der Waals surface area contributed by atoms with Crippen LogP contribution in [0.15, 0.2) is 12.8 Å². The normalized spacial score (nSPS) is 11.2. The van der Waals surface area contributed by atoms with Crippen LogP contribution in [-0.2, 0) is 4.74 Å². The third-order valence-corrected chi connectivity index (χ3v) is 2.30. The summed E-state index contributed by atoms with van der Waals surface area (Å²) in [5, 5.41) is 12.3. The van der Waals surface area contributed by atoms with Crippen LogP contribution in [0, 0.1) is 0 Å². The molecule has 0 atom stereocenters. The lowest BCUT2D eigenvalue weighted by Gasteiger charge is -2.30. The third kappa shape index (κ3) is 3.24. The zero-order valence-electron chi connectivity index (χ0n) is 7.97. The first-order valence-electron chi connectivity index (χ1n) is 4.33. The number of nitrogens with one attached hydrogen (secondary N) is 1. The second-order valence-corrected chi connectivity index (χ2v) is 2.80. The summed E-state index contributed by atoms with van der Waals surface area (Å²) < 4.78 is 4.94. The first-order valence-corrected chi connectivity index (χ1v) is 4.33. The van der Waals surface area contributed by atoms with E-state index < -0.39 is 0 Å². The average Bonchev–Trinajstić information content (AvgIpc) is 2.14. The van der Waals surface area contributed by atoms with Crippen molar-refractivity contribution in [3.05, 3.63) is 12.8 Å². The number of aliphatic hydroxyl groups excluding tert-OH is 1. The van der Waals surface area contributed by atoms with Crippen molar-refractivity contribution in [2.24, 2.45) is 0 Å². The molecule has 0 heterocycles. The lowest BCUT2D eigenvalue weighted by atomic mass is 9.94. The van der Waals surface area contributed by atoms with E-state index in [1.165, 1.54) is 6.26 Å². The van der Waals surface area contributed by atoms with Crippen LogP contribution in [0.2, 0.25) is 0 Å². The van der Waals surface area contributed by atoms with Crippen LogP contribution in [0.25, 0.3) is 0 Å². The highest BCUT2D eigenvalue weighted by atomic mass is 16.5. The molecular formula is C9H19NO2. The maximum absolute atomic E-state index is 9.13. The summed E-state index contributed by atoms with van der Waals surface area (Å²) >= 11 is 0. The van der Waals surface area contributed by atoms with Crippen molar-refractivity contribution in [2.75, 3.05) is 13.3 Å². The van der Waals surface area contributed by atoms with Crippen molar-refractivity contribution < 1.29 is 9.84 Å². The Bertz CT molecular complexity index is 113. The Balaban J connectivity index is 3.84. The molecule has 0 radical (unpaired) electrons. The highest BCUT2D eigenvalue weighted by molar-refractivity contribution is 4.83. The van der Waals surface area contributed by atoms with Crippen LogP contribution in [-0.4, -0.2) is 24.0 Å². The van der Waals surface area contributed by atoms with Gasteiger partial charge in [-0.25, -0.2) is 0 Å². The molecule has 0 unspecified atom stereocenters. The molecular weight excluding hydrogens is 154 g/mol. The maximum atomic E-state index is 9.13. The van der Waals surface area contributed by atoms with Crippen LogP contribution >= 0.6 is 0 Å². The quantitative estimate of drug-likeness (QED) is 0.346. The molecule has 2 N–H and O–H groups in total. The second-order valence-electron chi connectivity index (χ2n) is 2.80. The Morgan fingerprint density at radius 2 is 2.08 bits per heavy atom. The zero-order chi connectivity index (χ0) is 9.45. The molecule has 0 bridgehead atoms. The molecule has 3 heteroatoms. The summed E-state index contributed by atoms with van der Waals surface area (Å²) in [6.07, 6.45) is 3.17. The highest BCUT2D eigenvalue weighted by Gasteiger charge is 2.23. The van der Waals surface area contributed by atoms with E-state index in [1.807, 2.05) is 13.8 Å². The van der Waals surface area contributed by atoms with Gasteiger partial charge in [-0.1, -0.05) is 20.4 Å². The molecule has 0 fully saturated rings. The van der Waals surface area contributed by atoms with Gasteiger partial charge in [0.15, 0.2) is 0 Å². The molecule has 72 valence electrons. The Kier molecular flexibility index (Phi) is 5.76. The van der Waals surface area contributed by atoms with Gasteiger partial charge in [0.2, 0.25) is 0 Å². The standard InChI is InChI=1S/C9H19NO2/c1-4-9(5-2,7-11)10-8-12-6-3/h6,10-11H,3-5,7-8H2,1-2H3. The zero-order valence-corrected chi connectivity index (χ0v) is 7.97. The monoisotopic (exact) mass is 173 g/mol. The SMILES string of the molecule is C=COCNC(CC)(CC)CO. The van der Waals surface area contributed by atoms with Gasteiger partial charge in [0.05, 0.1) is 12.9 Å². The van der Waals surface area contributed by atoms with Gasteiger partial charge in [-0.3, -0.25) is 5.32 Å². The fourth-order valence-electron chi connectivity index (χ4n) is 1.03. The molecule has 0 aromatic rings. The van der Waals surface area contributed by atoms with Crippen LogP contribution in [0.3, 0.4) is 0 Å². The number of ether oxygens (including phenoxy) is 1. The number of hydrogen-bond acceptors (Lipinski definition) is 3. The summed E-state index contributed by atoms with van der Waals surface area (Å²) in [6.45, 7) is 8.07. The van der Waals surface area contributed by atoms with Crippen LogP contribution in [0.4, 0.5) is 0 Å². The minimum atomic E-state index is -0.191. The number of rotatable bonds is 7. The highest BCUT2D eigenvalue weighted by Crippen LogP contribution is 2.13. The van der Waals surface area contributed by atoms with Crippen molar-refractivity contribution in [3.8, 4) is 0 Å². The lowest BCUT2D eigenvalue weighted by Crippen LogP contribution is -2.48. The first-order chi connectivity index (χ1) is 5.74. The van der Waals surface area contributed by atoms with E-state index in [9.17, 15) is 0 Å². The van der Waals surface area contributed by atoms with E-state index in [0.717, 1.165) is 12.8 Å². The summed E-state index contributed by atoms with van der Waals surface area (Å²) in [5.41, 5.74) is -0.191. The predicted molar refractivity (Wildman–Crippen MR) is 49.7 cm³/mol. The van der Waals surface area contributed by atoms with Crippen molar-refractivity contribution in [2.45, 2.75) is 32.2 Å². The van der Waals surface area contributed by atoms with E-state index in [1.54, 1.807) is 0 Å². The number of hydrogen-bond donors (Lipinski definition) is 2. The van der Waals surface area contributed by atoms with Gasteiger partial charge in [0.25, 0.3) is 0 Å². The van der Waals surface area contributed by atoms with Crippen LogP contribution in [0.5, 0.6) is 0 Å². The number of aliphatic hydroxyl groups is 1. The van der Waals surface area contributed by atoms with E-state index in [4.69, 9.17) is 9.84 Å². The molecule has 3 nitrogen and oxygen atoms in total. The van der Waals surface area contributed by atoms with E-state index in [0.29, 0.717) is 6.73 Å². The fraction of sp³-hybridized carbons (Fsp3) is 0.778. The van der Waals surface area contributed by atoms with Crippen LogP contribution in [0.1, 0.15) is 26.7 Å². The van der Waals surface area contributed by atoms with E-state index >= 15 is 0 Å². The summed E-state index contributed by atoms with van der Waals surface area (Å²) in [7, 11) is 0. The smallest absolute Gasteiger partial charge is 0.139 e. The second kappa shape index (κ2) is 6.03. The Hall–Kier alpha value is -0.540. The maximum Gasteiger partial charge on any atom is 0.139 e. The van der Waals surface area contributed by atoms with Gasteiger partial charge in [-0.15, -0.1) is 0 Å². The van der Waals surface area contributed by atoms with Crippen molar-refractivity contribution in [3.63, 3.8) is 0 Å². The van der Waals surface area contributed by atoms with Gasteiger partial charge in [-0.2, -0.15) is 0 Å². The lowest BCUT2D eigenvalue weighted by molar-refractivity contribution is 0.105. The molecule has 0 amide bonds. The summed E-state index contributed by atoms with van der Waals surface area (Å²) in [6, 6.07) is 0. The minimum Gasteiger partial charge on any atom is -0.487 e. The third-order valence-electron chi connectivity index (χ3n) is 2.30. The van der Waals surface area contributed by atoms with Gasteiger partial charge < -0.3 is 9.84 Å². The topological polar surface area (TPSA) is 41.5 Å². The predicted octanol–water partition coefficient (Wildman–Crippen LogP) is 1.24. The minimum absolute atomic E-state index is 0.139. The summed E-state index contributed by atoms with van der Waals surface area (Å²) in [5.74, 6) is 0. The molecule has 0 rings (SSSR count). The largest absolute Gasteiger partial charge is 0.487 e. The van der Waals surface area contributed by atoms with Crippen molar-refractivity contribution in [1.29, 1.82) is 0 Å². The first kappa shape index (κ1) is 11.5. The van der Waals surface area contributed by atoms with Crippen LogP contribution < -0.4 is 5.32 Å². The molecule has 0 saturated carbocycles. The van der Waals surface area contributed by atoms with Gasteiger partial charge in [0.1, 0.15) is 6.73 Å². The molecule has 12 heavy (non-hydrogen) atoms. The fourth-order valence-corrected chi connectivity index (χ4v) is 1.03. The van der Waals surface area contributed by atoms with Gasteiger partial charge in [0, 0.05) is 5.54 Å². The molecule has 0 aliphatic rings. The molecule has 0 aliphatic carbocycles. The van der Waals surface area contributed by atoms with Gasteiger partial charge >= 0.3 is 0 Å². The Morgan fingerprint density at radius 3 is 2.42 bits per heavy atom. The van der Waals surface area contributed by atoms with Crippen molar-refractivity contribution >= 4 is 0 Å². The molecule has 0 saturated heterocycles. The van der Waals surface area contributed by atoms with Crippen molar-refractivity contribution in [1.82, 2.24) is 5.32 Å². The summed E-state index contributed by atoms with van der Waals surface area (Å²) in [4.78, 5) is 0. The molecule has 0 spiro atoms. The molecule has 0 aromatic carbocycles. The molecule has 0 aliphatic heterocycles. The Morgan fingerprint density at radius 1 is 1.50 bits per heavy atom.